The monoisotopic (exact) mass is 297 g/mol. The molecule has 0 aliphatic carbocycles. The van der Waals surface area contributed by atoms with Crippen molar-refractivity contribution in [3.8, 4) is 5.75 Å². The first-order valence-electron chi connectivity index (χ1n) is 5.90. The van der Waals surface area contributed by atoms with Gasteiger partial charge in [-0.25, -0.2) is 9.59 Å². The van der Waals surface area contributed by atoms with Crippen LogP contribution < -0.4 is 10.1 Å². The van der Waals surface area contributed by atoms with Crippen molar-refractivity contribution < 1.29 is 33.7 Å². The summed E-state index contributed by atoms with van der Waals surface area (Å²) in [5, 5.41) is 10.9. The van der Waals surface area contributed by atoms with Crippen LogP contribution in [0.15, 0.2) is 24.3 Å². The van der Waals surface area contributed by atoms with Gasteiger partial charge in [0.25, 0.3) is 0 Å². The van der Waals surface area contributed by atoms with Crippen LogP contribution in [0, 0.1) is 0 Å². The molecule has 0 spiro atoms. The summed E-state index contributed by atoms with van der Waals surface area (Å²) in [6.45, 7) is -1.09. The summed E-state index contributed by atoms with van der Waals surface area (Å²) in [5.74, 6) is -1.67. The second-order valence-electron chi connectivity index (χ2n) is 3.82. The van der Waals surface area contributed by atoms with E-state index in [0.717, 1.165) is 0 Å². The number of hydrogen-bond donors (Lipinski definition) is 2. The average molecular weight is 297 g/mol. The first-order valence-corrected chi connectivity index (χ1v) is 5.90. The van der Waals surface area contributed by atoms with E-state index in [0.29, 0.717) is 11.4 Å². The highest BCUT2D eigenvalue weighted by atomic mass is 16.6. The molecule has 21 heavy (non-hydrogen) atoms. The Labute approximate surface area is 120 Å². The summed E-state index contributed by atoms with van der Waals surface area (Å²) in [4.78, 5) is 32.5. The van der Waals surface area contributed by atoms with Gasteiger partial charge in [0.2, 0.25) is 5.91 Å². The second kappa shape index (κ2) is 8.54. The molecule has 0 saturated heterocycles. The van der Waals surface area contributed by atoms with Gasteiger partial charge in [-0.05, 0) is 24.3 Å². The molecule has 0 fully saturated rings. The van der Waals surface area contributed by atoms with E-state index >= 15 is 0 Å². The summed E-state index contributed by atoms with van der Waals surface area (Å²) in [6.07, 6.45) is 0. The molecular weight excluding hydrogens is 282 g/mol. The van der Waals surface area contributed by atoms with Crippen LogP contribution in [0.1, 0.15) is 0 Å². The highest BCUT2D eigenvalue weighted by Crippen LogP contribution is 2.15. The molecule has 8 nitrogen and oxygen atoms in total. The molecule has 0 atom stereocenters. The third-order valence-corrected chi connectivity index (χ3v) is 2.18. The van der Waals surface area contributed by atoms with Crippen LogP contribution in [0.5, 0.6) is 5.75 Å². The van der Waals surface area contributed by atoms with Gasteiger partial charge in [0.1, 0.15) is 19.0 Å². The Balaban J connectivity index is 2.38. The number of aliphatic carboxylic acids is 1. The predicted octanol–water partition coefficient (Wildman–Crippen LogP) is 0.278. The molecule has 0 saturated carbocycles. The number of hydrogen-bond acceptors (Lipinski definition) is 6. The number of amides is 1. The van der Waals surface area contributed by atoms with Gasteiger partial charge < -0.3 is 24.6 Å². The lowest BCUT2D eigenvalue weighted by Crippen LogP contribution is -2.20. The molecule has 0 aliphatic rings. The lowest BCUT2D eigenvalue weighted by molar-refractivity contribution is -0.144. The molecule has 1 amide bonds. The fraction of sp³-hybridized carbons (Fsp3) is 0.308. The smallest absolute Gasteiger partial charge is 0.343 e. The van der Waals surface area contributed by atoms with E-state index in [2.05, 4.69) is 14.8 Å². The van der Waals surface area contributed by atoms with Gasteiger partial charge in [0.15, 0.2) is 6.61 Å². The number of rotatable bonds is 8. The summed E-state index contributed by atoms with van der Waals surface area (Å²) >= 11 is 0. The number of ether oxygens (including phenoxy) is 3. The largest absolute Gasteiger partial charge is 0.482 e. The summed E-state index contributed by atoms with van der Waals surface area (Å²) in [5.41, 5.74) is 0.490. The van der Waals surface area contributed by atoms with E-state index in [4.69, 9.17) is 9.84 Å². The van der Waals surface area contributed by atoms with Crippen LogP contribution in [0.3, 0.4) is 0 Å². The summed E-state index contributed by atoms with van der Waals surface area (Å²) in [6, 6.07) is 6.27. The molecule has 0 aromatic heterocycles. The second-order valence-corrected chi connectivity index (χ2v) is 3.82. The van der Waals surface area contributed by atoms with Crippen LogP contribution in [0.4, 0.5) is 5.69 Å². The highest BCUT2D eigenvalue weighted by molar-refractivity contribution is 5.91. The number of methoxy groups -OCH3 is 1. The highest BCUT2D eigenvalue weighted by Gasteiger charge is 2.05. The van der Waals surface area contributed by atoms with Gasteiger partial charge in [0, 0.05) is 5.69 Å². The number of nitrogens with one attached hydrogen (secondary N) is 1. The number of benzene rings is 1. The molecule has 8 heteroatoms. The van der Waals surface area contributed by atoms with Gasteiger partial charge in [-0.1, -0.05) is 0 Å². The van der Waals surface area contributed by atoms with Crippen molar-refractivity contribution in [2.24, 2.45) is 0 Å². The van der Waals surface area contributed by atoms with E-state index in [1.165, 1.54) is 7.11 Å². The standard InChI is InChI=1S/C13H15NO7/c1-19-13(18)8-21-10-4-2-9(3-5-10)14-11(15)6-20-7-12(16)17/h2-5H,6-8H2,1H3,(H,14,15)(H,16,17). The van der Waals surface area contributed by atoms with E-state index in [9.17, 15) is 14.4 Å². The number of anilines is 1. The Morgan fingerprint density at radius 2 is 1.76 bits per heavy atom. The van der Waals surface area contributed by atoms with Crippen molar-refractivity contribution in [2.75, 3.05) is 32.2 Å². The van der Waals surface area contributed by atoms with Crippen molar-refractivity contribution >= 4 is 23.5 Å². The predicted molar refractivity (Wildman–Crippen MR) is 71.0 cm³/mol. The summed E-state index contributed by atoms with van der Waals surface area (Å²) in [7, 11) is 1.26. The number of carboxylic acids is 1. The van der Waals surface area contributed by atoms with Gasteiger partial charge >= 0.3 is 11.9 Å². The van der Waals surface area contributed by atoms with Crippen molar-refractivity contribution in [1.82, 2.24) is 0 Å². The van der Waals surface area contributed by atoms with Gasteiger partial charge in [-0.15, -0.1) is 0 Å². The molecule has 0 radical (unpaired) electrons. The van der Waals surface area contributed by atoms with E-state index in [-0.39, 0.29) is 13.2 Å². The van der Waals surface area contributed by atoms with E-state index in [1.54, 1.807) is 24.3 Å². The zero-order valence-electron chi connectivity index (χ0n) is 11.3. The molecule has 0 aliphatic heterocycles. The minimum Gasteiger partial charge on any atom is -0.482 e. The first kappa shape index (κ1) is 16.4. The maximum atomic E-state index is 11.4. The lowest BCUT2D eigenvalue weighted by Gasteiger charge is -2.07. The number of carboxylic acid groups (broad SMARTS) is 1. The van der Waals surface area contributed by atoms with Crippen molar-refractivity contribution in [1.29, 1.82) is 0 Å². The maximum absolute atomic E-state index is 11.4. The molecule has 0 unspecified atom stereocenters. The van der Waals surface area contributed by atoms with Crippen LogP contribution in [0.2, 0.25) is 0 Å². The van der Waals surface area contributed by atoms with Crippen LogP contribution >= 0.6 is 0 Å². The Hall–Kier alpha value is -2.61. The Morgan fingerprint density at radius 3 is 2.33 bits per heavy atom. The Kier molecular flexibility index (Phi) is 6.69. The molecule has 114 valence electrons. The number of carbonyl (C=O) groups excluding carboxylic acids is 2. The quantitative estimate of drug-likeness (QED) is 0.663. The Morgan fingerprint density at radius 1 is 1.10 bits per heavy atom. The molecule has 1 aromatic carbocycles. The third-order valence-electron chi connectivity index (χ3n) is 2.18. The fourth-order valence-corrected chi connectivity index (χ4v) is 1.26. The zero-order valence-corrected chi connectivity index (χ0v) is 11.3. The van der Waals surface area contributed by atoms with E-state index in [1.807, 2.05) is 0 Å². The third kappa shape index (κ3) is 6.92. The van der Waals surface area contributed by atoms with E-state index < -0.39 is 24.5 Å². The van der Waals surface area contributed by atoms with Crippen molar-refractivity contribution in [2.45, 2.75) is 0 Å². The van der Waals surface area contributed by atoms with Crippen molar-refractivity contribution in [3.63, 3.8) is 0 Å². The molecular formula is C13H15NO7. The van der Waals surface area contributed by atoms with Gasteiger partial charge in [-0.3, -0.25) is 4.79 Å². The fourth-order valence-electron chi connectivity index (χ4n) is 1.26. The topological polar surface area (TPSA) is 111 Å². The SMILES string of the molecule is COC(=O)COc1ccc(NC(=O)COCC(=O)O)cc1. The molecule has 1 rings (SSSR count). The number of esters is 1. The van der Waals surface area contributed by atoms with Crippen LogP contribution in [-0.2, 0) is 23.9 Å². The zero-order chi connectivity index (χ0) is 15.7. The summed E-state index contributed by atoms with van der Waals surface area (Å²) < 4.78 is 14.2. The van der Waals surface area contributed by atoms with Gasteiger partial charge in [-0.2, -0.15) is 0 Å². The Bertz CT molecular complexity index is 498. The number of carbonyl (C=O) groups is 3. The molecule has 0 heterocycles. The van der Waals surface area contributed by atoms with Crippen molar-refractivity contribution in [3.05, 3.63) is 24.3 Å². The lowest BCUT2D eigenvalue weighted by atomic mass is 10.3. The van der Waals surface area contributed by atoms with Gasteiger partial charge in [0.05, 0.1) is 7.11 Å². The molecule has 2 N–H and O–H groups in total. The minimum atomic E-state index is -1.14. The molecule has 1 aromatic rings. The van der Waals surface area contributed by atoms with Crippen LogP contribution in [-0.4, -0.2) is 49.9 Å². The maximum Gasteiger partial charge on any atom is 0.343 e. The molecule has 0 bridgehead atoms. The first-order chi connectivity index (χ1) is 10.0. The minimum absolute atomic E-state index is 0.203. The average Bonchev–Trinajstić information content (AvgIpc) is 2.45. The normalized spacial score (nSPS) is 9.76. The van der Waals surface area contributed by atoms with Crippen LogP contribution in [0.25, 0.3) is 0 Å².